The van der Waals surface area contributed by atoms with E-state index in [-0.39, 0.29) is 11.9 Å². The van der Waals surface area contributed by atoms with Crippen LogP contribution in [-0.4, -0.2) is 23.5 Å². The van der Waals surface area contributed by atoms with Crippen molar-refractivity contribution in [3.63, 3.8) is 0 Å². The van der Waals surface area contributed by atoms with E-state index in [2.05, 4.69) is 10.3 Å². The van der Waals surface area contributed by atoms with Crippen LogP contribution in [0.25, 0.3) is 0 Å². The van der Waals surface area contributed by atoms with E-state index in [1.807, 2.05) is 37.3 Å². The number of pyridine rings is 1. The number of aromatic nitrogens is 1. The van der Waals surface area contributed by atoms with Gasteiger partial charge in [-0.05, 0) is 55.2 Å². The predicted molar refractivity (Wildman–Crippen MR) is 104 cm³/mol. The van der Waals surface area contributed by atoms with Gasteiger partial charge in [0.15, 0.2) is 11.5 Å². The van der Waals surface area contributed by atoms with Crippen molar-refractivity contribution in [1.82, 2.24) is 10.3 Å². The van der Waals surface area contributed by atoms with Gasteiger partial charge in [0.05, 0.1) is 18.7 Å². The third kappa shape index (κ3) is 4.57. The van der Waals surface area contributed by atoms with E-state index < -0.39 is 5.54 Å². The number of amides is 1. The summed E-state index contributed by atoms with van der Waals surface area (Å²) in [7, 11) is 1.61. The molecule has 1 amide bonds. The molecule has 1 aromatic heterocycles. The van der Waals surface area contributed by atoms with E-state index in [0.717, 1.165) is 36.8 Å². The Morgan fingerprint density at radius 3 is 2.59 bits per heavy atom. The van der Waals surface area contributed by atoms with Crippen LogP contribution in [0, 0.1) is 0 Å². The van der Waals surface area contributed by atoms with Gasteiger partial charge in [-0.25, -0.2) is 0 Å². The topological polar surface area (TPSA) is 86.5 Å². The molecule has 2 aromatic rings. The molecular formula is C21H27N3O3. The van der Waals surface area contributed by atoms with Crippen molar-refractivity contribution >= 4 is 5.91 Å². The summed E-state index contributed by atoms with van der Waals surface area (Å²) in [5.74, 6) is 1.21. The molecule has 27 heavy (non-hydrogen) atoms. The average Bonchev–Trinajstić information content (AvgIpc) is 3.15. The lowest BCUT2D eigenvalue weighted by Crippen LogP contribution is -2.52. The summed E-state index contributed by atoms with van der Waals surface area (Å²) >= 11 is 0. The highest BCUT2D eigenvalue weighted by Crippen LogP contribution is 2.32. The van der Waals surface area contributed by atoms with Gasteiger partial charge in [0.2, 0.25) is 5.91 Å². The predicted octanol–water partition coefficient (Wildman–Crippen LogP) is 3.12. The highest BCUT2D eigenvalue weighted by atomic mass is 16.5. The van der Waals surface area contributed by atoms with E-state index in [9.17, 15) is 4.79 Å². The van der Waals surface area contributed by atoms with Crippen molar-refractivity contribution in [2.75, 3.05) is 7.11 Å². The van der Waals surface area contributed by atoms with Crippen LogP contribution in [0.1, 0.15) is 49.8 Å². The van der Waals surface area contributed by atoms with Crippen molar-refractivity contribution in [2.45, 2.75) is 50.8 Å². The van der Waals surface area contributed by atoms with Crippen LogP contribution < -0.4 is 20.5 Å². The number of benzene rings is 1. The molecule has 0 radical (unpaired) electrons. The molecule has 1 aliphatic carbocycles. The van der Waals surface area contributed by atoms with E-state index >= 15 is 0 Å². The lowest BCUT2D eigenvalue weighted by molar-refractivity contribution is -0.126. The second-order valence-electron chi connectivity index (χ2n) is 7.11. The smallest absolute Gasteiger partial charge is 0.240 e. The first-order valence-electron chi connectivity index (χ1n) is 9.31. The lowest BCUT2D eigenvalue weighted by atomic mass is 9.97. The van der Waals surface area contributed by atoms with Crippen molar-refractivity contribution < 1.29 is 14.3 Å². The molecule has 0 bridgehead atoms. The van der Waals surface area contributed by atoms with Gasteiger partial charge in [0, 0.05) is 12.4 Å². The highest BCUT2D eigenvalue weighted by Gasteiger charge is 2.37. The van der Waals surface area contributed by atoms with Crippen molar-refractivity contribution in [1.29, 1.82) is 0 Å². The van der Waals surface area contributed by atoms with Crippen LogP contribution >= 0.6 is 0 Å². The molecule has 1 aliphatic rings. The summed E-state index contributed by atoms with van der Waals surface area (Å²) < 4.78 is 11.3. The SMILES string of the molecule is COc1cc(C(C)NC(=O)C2(N)CCCC2)ccc1OCc1ccncc1. The molecule has 0 saturated heterocycles. The molecule has 0 aliphatic heterocycles. The van der Waals surface area contributed by atoms with Crippen LogP contribution in [0.2, 0.25) is 0 Å². The van der Waals surface area contributed by atoms with Gasteiger partial charge in [-0.1, -0.05) is 18.9 Å². The third-order valence-corrected chi connectivity index (χ3v) is 5.13. The minimum atomic E-state index is -0.730. The van der Waals surface area contributed by atoms with Crippen LogP contribution in [0.5, 0.6) is 11.5 Å². The Bertz CT molecular complexity index is 773. The third-order valence-electron chi connectivity index (χ3n) is 5.13. The fraction of sp³-hybridized carbons (Fsp3) is 0.429. The summed E-state index contributed by atoms with van der Waals surface area (Å²) in [5, 5.41) is 3.04. The van der Waals surface area contributed by atoms with Gasteiger partial charge in [0.25, 0.3) is 0 Å². The van der Waals surface area contributed by atoms with Gasteiger partial charge >= 0.3 is 0 Å². The fourth-order valence-corrected chi connectivity index (χ4v) is 3.37. The Morgan fingerprint density at radius 1 is 1.22 bits per heavy atom. The summed E-state index contributed by atoms with van der Waals surface area (Å²) in [5.41, 5.74) is 7.48. The van der Waals surface area contributed by atoms with E-state index in [0.29, 0.717) is 18.1 Å². The number of rotatable bonds is 7. The highest BCUT2D eigenvalue weighted by molar-refractivity contribution is 5.86. The number of nitrogens with two attached hydrogens (primary N) is 1. The maximum Gasteiger partial charge on any atom is 0.240 e. The second kappa shape index (κ2) is 8.39. The molecular weight excluding hydrogens is 342 g/mol. The molecule has 1 fully saturated rings. The number of methoxy groups -OCH3 is 1. The molecule has 6 heteroatoms. The molecule has 1 atom stereocenters. The van der Waals surface area contributed by atoms with Crippen LogP contribution in [0.4, 0.5) is 0 Å². The number of hydrogen-bond acceptors (Lipinski definition) is 5. The normalized spacial score (nSPS) is 16.6. The molecule has 1 heterocycles. The monoisotopic (exact) mass is 369 g/mol. The van der Waals surface area contributed by atoms with Gasteiger partial charge in [-0.3, -0.25) is 9.78 Å². The summed E-state index contributed by atoms with van der Waals surface area (Å²) in [4.78, 5) is 16.5. The zero-order chi connectivity index (χ0) is 19.3. The first kappa shape index (κ1) is 19.2. The quantitative estimate of drug-likeness (QED) is 0.783. The Hall–Kier alpha value is -2.60. The van der Waals surface area contributed by atoms with Crippen molar-refractivity contribution in [3.05, 3.63) is 53.9 Å². The average molecular weight is 369 g/mol. The van der Waals surface area contributed by atoms with Gasteiger partial charge in [0.1, 0.15) is 6.61 Å². The largest absolute Gasteiger partial charge is 0.493 e. The Labute approximate surface area is 160 Å². The zero-order valence-electron chi connectivity index (χ0n) is 15.9. The zero-order valence-corrected chi connectivity index (χ0v) is 15.9. The molecule has 3 rings (SSSR count). The summed E-state index contributed by atoms with van der Waals surface area (Å²) in [6.45, 7) is 2.38. The lowest BCUT2D eigenvalue weighted by Gasteiger charge is -2.25. The van der Waals surface area contributed by atoms with Crippen LogP contribution in [-0.2, 0) is 11.4 Å². The van der Waals surface area contributed by atoms with Crippen LogP contribution in [0.3, 0.4) is 0 Å². The number of nitrogens with one attached hydrogen (secondary N) is 1. The molecule has 6 nitrogen and oxygen atoms in total. The van der Waals surface area contributed by atoms with Crippen molar-refractivity contribution in [2.24, 2.45) is 5.73 Å². The molecule has 3 N–H and O–H groups in total. The number of ether oxygens (including phenoxy) is 2. The van der Waals surface area contributed by atoms with Crippen molar-refractivity contribution in [3.8, 4) is 11.5 Å². The van der Waals surface area contributed by atoms with Crippen LogP contribution in [0.15, 0.2) is 42.7 Å². The number of carbonyl (C=O) groups excluding carboxylic acids is 1. The number of hydrogen-bond donors (Lipinski definition) is 2. The Balaban J connectivity index is 1.66. The molecule has 144 valence electrons. The maximum atomic E-state index is 12.5. The molecule has 1 aromatic carbocycles. The minimum absolute atomic E-state index is 0.0792. The minimum Gasteiger partial charge on any atom is -0.493 e. The van der Waals surface area contributed by atoms with E-state index in [4.69, 9.17) is 15.2 Å². The second-order valence-corrected chi connectivity index (χ2v) is 7.11. The fourth-order valence-electron chi connectivity index (χ4n) is 3.37. The van der Waals surface area contributed by atoms with E-state index in [1.54, 1.807) is 19.5 Å². The number of carbonyl (C=O) groups is 1. The van der Waals surface area contributed by atoms with Gasteiger partial charge < -0.3 is 20.5 Å². The van der Waals surface area contributed by atoms with Gasteiger partial charge in [-0.15, -0.1) is 0 Å². The van der Waals surface area contributed by atoms with Gasteiger partial charge in [-0.2, -0.15) is 0 Å². The van der Waals surface area contributed by atoms with E-state index in [1.165, 1.54) is 0 Å². The molecule has 1 saturated carbocycles. The summed E-state index contributed by atoms with van der Waals surface area (Å²) in [6.07, 6.45) is 6.98. The maximum absolute atomic E-state index is 12.5. The standard InChI is InChI=1S/C21H27N3O3/c1-15(24-20(25)21(22)9-3-4-10-21)17-5-6-18(19(13-17)26-2)27-14-16-7-11-23-12-8-16/h5-8,11-13,15H,3-4,9-10,14,22H2,1-2H3,(H,24,25). The first-order valence-corrected chi connectivity index (χ1v) is 9.31. The Kier molecular flexibility index (Phi) is 5.96. The first-order chi connectivity index (χ1) is 13.0. The summed E-state index contributed by atoms with van der Waals surface area (Å²) in [6, 6.07) is 9.35. The number of nitrogens with zero attached hydrogens (tertiary/aromatic N) is 1. The molecule has 1 unspecified atom stereocenters. The molecule has 0 spiro atoms. The Morgan fingerprint density at radius 2 is 1.93 bits per heavy atom.